The fourth-order valence-electron chi connectivity index (χ4n) is 1.77. The predicted octanol–water partition coefficient (Wildman–Crippen LogP) is 1.71. The summed E-state index contributed by atoms with van der Waals surface area (Å²) in [6.45, 7) is 0. The van der Waals surface area contributed by atoms with E-state index in [2.05, 4.69) is 15.3 Å². The maximum atomic E-state index is 12.2. The molecule has 0 atom stereocenters. The zero-order valence-corrected chi connectivity index (χ0v) is 15.2. The highest BCUT2D eigenvalue weighted by molar-refractivity contribution is 7.90. The number of nitrogens with zero attached hydrogens (tertiary/aromatic N) is 3. The smallest absolute Gasteiger partial charge is 0.335 e. The fraction of sp³-hybridized carbons (Fsp3) is 0.214. The van der Waals surface area contributed by atoms with Crippen LogP contribution in [0.2, 0.25) is 5.02 Å². The zero-order valence-electron chi connectivity index (χ0n) is 13.6. The summed E-state index contributed by atoms with van der Waals surface area (Å²) in [5.74, 6) is 0.564. The third kappa shape index (κ3) is 4.70. The Kier molecular flexibility index (Phi) is 5.65. The lowest BCUT2D eigenvalue weighted by Gasteiger charge is -2.14. The zero-order chi connectivity index (χ0) is 18.6. The number of hydrogen-bond donors (Lipinski definition) is 2. The van der Waals surface area contributed by atoms with E-state index < -0.39 is 16.1 Å². The number of urea groups is 1. The van der Waals surface area contributed by atoms with E-state index in [4.69, 9.17) is 16.3 Å². The van der Waals surface area contributed by atoms with Gasteiger partial charge in [-0.3, -0.25) is 5.32 Å². The summed E-state index contributed by atoms with van der Waals surface area (Å²) < 4.78 is 31.3. The first kappa shape index (κ1) is 18.7. The maximum absolute atomic E-state index is 12.2. The van der Waals surface area contributed by atoms with Crippen LogP contribution in [-0.2, 0) is 10.0 Å². The first-order valence-electron chi connectivity index (χ1n) is 6.91. The molecule has 11 heteroatoms. The molecule has 0 saturated carbocycles. The van der Waals surface area contributed by atoms with Crippen LogP contribution in [0.5, 0.6) is 5.88 Å². The summed E-state index contributed by atoms with van der Waals surface area (Å²) in [6.07, 6.45) is 0. The molecule has 2 rings (SSSR count). The number of ether oxygens (including phenoxy) is 1. The summed E-state index contributed by atoms with van der Waals surface area (Å²) in [7, 11) is 0.754. The van der Waals surface area contributed by atoms with Crippen LogP contribution in [0.25, 0.3) is 0 Å². The summed E-state index contributed by atoms with van der Waals surface area (Å²) >= 11 is 5.85. The summed E-state index contributed by atoms with van der Waals surface area (Å²) in [5, 5.41) is 2.25. The van der Waals surface area contributed by atoms with Crippen molar-refractivity contribution < 1.29 is 17.9 Å². The first-order chi connectivity index (χ1) is 11.7. The Morgan fingerprint density at radius 1 is 1.24 bits per heavy atom. The van der Waals surface area contributed by atoms with E-state index >= 15 is 0 Å². The Hall–Kier alpha value is -2.59. The molecule has 2 amide bonds. The van der Waals surface area contributed by atoms with Gasteiger partial charge in [0.25, 0.3) is 10.0 Å². The molecule has 1 aromatic carbocycles. The highest BCUT2D eigenvalue weighted by Gasteiger charge is 2.21. The molecule has 0 aliphatic rings. The molecule has 0 unspecified atom stereocenters. The van der Waals surface area contributed by atoms with Crippen LogP contribution >= 0.6 is 11.6 Å². The van der Waals surface area contributed by atoms with E-state index in [1.54, 1.807) is 31.1 Å². The molecule has 0 bridgehead atoms. The van der Waals surface area contributed by atoms with Gasteiger partial charge >= 0.3 is 6.03 Å². The number of amides is 2. The SMILES string of the molecule is COc1cc(N(C)C)nc(NC(=O)NS(=O)(=O)c2ccccc2Cl)n1. The van der Waals surface area contributed by atoms with Crippen molar-refractivity contribution in [3.05, 3.63) is 35.4 Å². The molecule has 2 N–H and O–H groups in total. The number of aromatic nitrogens is 2. The molecule has 134 valence electrons. The lowest BCUT2D eigenvalue weighted by Crippen LogP contribution is -2.35. The van der Waals surface area contributed by atoms with Gasteiger partial charge in [0.1, 0.15) is 10.7 Å². The molecular formula is C14H16ClN5O4S. The van der Waals surface area contributed by atoms with Gasteiger partial charge in [0.05, 0.1) is 12.1 Å². The van der Waals surface area contributed by atoms with Gasteiger partial charge in [0.15, 0.2) is 0 Å². The van der Waals surface area contributed by atoms with E-state index in [0.717, 1.165) is 0 Å². The third-order valence-electron chi connectivity index (χ3n) is 2.94. The number of carbonyl (C=O) groups is 1. The molecule has 0 radical (unpaired) electrons. The number of hydrogen-bond acceptors (Lipinski definition) is 7. The van der Waals surface area contributed by atoms with Gasteiger partial charge < -0.3 is 9.64 Å². The van der Waals surface area contributed by atoms with Crippen molar-refractivity contribution in [3.8, 4) is 5.88 Å². The minimum atomic E-state index is -4.14. The maximum Gasteiger partial charge on any atom is 0.335 e. The summed E-state index contributed by atoms with van der Waals surface area (Å²) in [6, 6.07) is 6.29. The van der Waals surface area contributed by atoms with Crippen LogP contribution in [0.4, 0.5) is 16.6 Å². The molecule has 1 heterocycles. The van der Waals surface area contributed by atoms with Gasteiger partial charge in [-0.05, 0) is 12.1 Å². The molecule has 0 aliphatic heterocycles. The Morgan fingerprint density at radius 3 is 2.52 bits per heavy atom. The lowest BCUT2D eigenvalue weighted by atomic mass is 10.4. The van der Waals surface area contributed by atoms with Crippen molar-refractivity contribution in [2.24, 2.45) is 0 Å². The van der Waals surface area contributed by atoms with E-state index in [1.807, 2.05) is 4.72 Å². The number of benzene rings is 1. The Labute approximate surface area is 150 Å². The van der Waals surface area contributed by atoms with Crippen LogP contribution in [-0.4, -0.2) is 45.6 Å². The predicted molar refractivity (Wildman–Crippen MR) is 93.7 cm³/mol. The average molecular weight is 386 g/mol. The molecule has 0 fully saturated rings. The van der Waals surface area contributed by atoms with Crippen LogP contribution in [0.15, 0.2) is 35.2 Å². The van der Waals surface area contributed by atoms with E-state index in [0.29, 0.717) is 5.82 Å². The van der Waals surface area contributed by atoms with Crippen molar-refractivity contribution in [3.63, 3.8) is 0 Å². The normalized spacial score (nSPS) is 10.9. The van der Waals surface area contributed by atoms with Crippen molar-refractivity contribution in [2.45, 2.75) is 4.90 Å². The molecule has 0 saturated heterocycles. The molecule has 2 aromatic rings. The second kappa shape index (κ2) is 7.53. The van der Waals surface area contributed by atoms with Gasteiger partial charge in [-0.15, -0.1) is 0 Å². The van der Waals surface area contributed by atoms with E-state index in [-0.39, 0.29) is 21.7 Å². The second-order valence-electron chi connectivity index (χ2n) is 4.98. The fourth-order valence-corrected chi connectivity index (χ4v) is 3.20. The highest BCUT2D eigenvalue weighted by atomic mass is 35.5. The summed E-state index contributed by atoms with van der Waals surface area (Å²) in [4.78, 5) is 21.5. The van der Waals surface area contributed by atoms with Crippen molar-refractivity contribution in [1.82, 2.24) is 14.7 Å². The minimum absolute atomic E-state index is 0.00433. The van der Waals surface area contributed by atoms with Gasteiger partial charge in [0.2, 0.25) is 11.8 Å². The Morgan fingerprint density at radius 2 is 1.92 bits per heavy atom. The number of rotatable bonds is 5. The van der Waals surface area contributed by atoms with Gasteiger partial charge in [-0.2, -0.15) is 9.97 Å². The largest absolute Gasteiger partial charge is 0.481 e. The number of carbonyl (C=O) groups excluding carboxylic acids is 1. The molecular weight excluding hydrogens is 370 g/mol. The topological polar surface area (TPSA) is 114 Å². The number of methoxy groups -OCH3 is 1. The van der Waals surface area contributed by atoms with Crippen molar-refractivity contribution in [1.29, 1.82) is 0 Å². The van der Waals surface area contributed by atoms with Gasteiger partial charge in [-0.1, -0.05) is 23.7 Å². The summed E-state index contributed by atoms with van der Waals surface area (Å²) in [5.41, 5.74) is 0. The number of anilines is 2. The molecule has 9 nitrogen and oxygen atoms in total. The van der Waals surface area contributed by atoms with Crippen LogP contribution in [0, 0.1) is 0 Å². The van der Waals surface area contributed by atoms with Crippen LogP contribution in [0.1, 0.15) is 0 Å². The number of sulfonamides is 1. The molecule has 25 heavy (non-hydrogen) atoms. The van der Waals surface area contributed by atoms with Crippen molar-refractivity contribution >= 4 is 39.4 Å². The van der Waals surface area contributed by atoms with Gasteiger partial charge in [-0.25, -0.2) is 17.9 Å². The lowest BCUT2D eigenvalue weighted by molar-refractivity contribution is 0.256. The monoisotopic (exact) mass is 385 g/mol. The van der Waals surface area contributed by atoms with Crippen LogP contribution in [0.3, 0.4) is 0 Å². The number of nitrogens with one attached hydrogen (secondary N) is 2. The average Bonchev–Trinajstić information content (AvgIpc) is 2.53. The molecule has 0 aliphatic carbocycles. The molecule has 0 spiro atoms. The van der Waals surface area contributed by atoms with E-state index in [1.165, 1.54) is 25.3 Å². The molecule has 1 aromatic heterocycles. The van der Waals surface area contributed by atoms with Crippen LogP contribution < -0.4 is 19.7 Å². The Bertz CT molecular complexity index is 889. The second-order valence-corrected chi connectivity index (χ2v) is 7.03. The Balaban J connectivity index is 2.20. The van der Waals surface area contributed by atoms with E-state index in [9.17, 15) is 13.2 Å². The third-order valence-corrected chi connectivity index (χ3v) is 4.77. The quantitative estimate of drug-likeness (QED) is 0.805. The number of halogens is 1. The van der Waals surface area contributed by atoms with Crippen molar-refractivity contribution in [2.75, 3.05) is 31.4 Å². The highest BCUT2D eigenvalue weighted by Crippen LogP contribution is 2.21. The standard InChI is InChI=1S/C14H16ClN5O4S/c1-20(2)11-8-12(24-3)17-13(16-11)18-14(21)19-25(22,23)10-7-5-4-6-9(10)15/h4-8H,1-3H3,(H2,16,17,18,19,21). The minimum Gasteiger partial charge on any atom is -0.481 e. The van der Waals surface area contributed by atoms with Gasteiger partial charge in [0, 0.05) is 20.2 Å². The first-order valence-corrected chi connectivity index (χ1v) is 8.78.